The summed E-state index contributed by atoms with van der Waals surface area (Å²) in [5, 5.41) is 0. The molecule has 0 bridgehead atoms. The van der Waals surface area contributed by atoms with E-state index in [0.29, 0.717) is 18.9 Å². The maximum atomic E-state index is 12.6. The predicted molar refractivity (Wildman–Crippen MR) is 184 cm³/mol. The molecule has 43 heavy (non-hydrogen) atoms. The lowest BCUT2D eigenvalue weighted by molar-refractivity contribution is -0.121. The lowest BCUT2D eigenvalue weighted by Crippen LogP contribution is -2.32. The van der Waals surface area contributed by atoms with Crippen LogP contribution in [0.4, 0.5) is 0 Å². The van der Waals surface area contributed by atoms with Gasteiger partial charge in [0.1, 0.15) is 5.78 Å². The van der Waals surface area contributed by atoms with Crippen molar-refractivity contribution in [2.24, 2.45) is 5.92 Å². The Bertz CT molecular complexity index is 1310. The van der Waals surface area contributed by atoms with Gasteiger partial charge in [0.25, 0.3) is 0 Å². The first-order valence-electron chi connectivity index (χ1n) is 16.7. The predicted octanol–water partition coefficient (Wildman–Crippen LogP) is 9.40. The Morgan fingerprint density at radius 2 is 1.70 bits per heavy atom. The first-order valence-corrected chi connectivity index (χ1v) is 16.7. The number of nitrogens with zero attached hydrogens (tertiary/aromatic N) is 2. The third-order valence-corrected chi connectivity index (χ3v) is 8.42. The van der Waals surface area contributed by atoms with Gasteiger partial charge in [0.05, 0.1) is 5.69 Å². The molecule has 1 unspecified atom stereocenters. The molecule has 2 aliphatic carbocycles. The van der Waals surface area contributed by atoms with Crippen molar-refractivity contribution in [2.75, 3.05) is 6.54 Å². The highest BCUT2D eigenvalue weighted by atomic mass is 16.1. The molecular weight excluding hydrogens is 528 g/mol. The third kappa shape index (κ3) is 9.19. The second-order valence-corrected chi connectivity index (χ2v) is 11.4. The maximum absolute atomic E-state index is 12.6. The van der Waals surface area contributed by atoms with Gasteiger partial charge in [-0.05, 0) is 98.8 Å². The number of rotatable bonds is 10. The molecule has 0 aliphatic heterocycles. The fraction of sp³-hybridized carbons (Fsp3) is 0.513. The van der Waals surface area contributed by atoms with E-state index >= 15 is 0 Å². The van der Waals surface area contributed by atoms with Crippen molar-refractivity contribution in [3.63, 3.8) is 0 Å². The van der Waals surface area contributed by atoms with Gasteiger partial charge in [0, 0.05) is 37.2 Å². The number of carbonyl (C=O) groups is 2. The highest BCUT2D eigenvalue weighted by molar-refractivity contribution is 6.00. The summed E-state index contributed by atoms with van der Waals surface area (Å²) >= 11 is 0. The minimum Gasteiger partial charge on any atom is -0.299 e. The van der Waals surface area contributed by atoms with Crippen molar-refractivity contribution < 1.29 is 9.59 Å². The number of carbonyl (C=O) groups excluding carboxylic acids is 2. The summed E-state index contributed by atoms with van der Waals surface area (Å²) in [5.41, 5.74) is 10.2. The SMILES string of the molecule is CC.CC.CCc1c(/C(C)=C/C2=C(C(C)=O)CCC(=O)C2C)nc2c(c1CCN(Cc1ccccc1)C(C)C)C=CCC2. The van der Waals surface area contributed by atoms with Crippen LogP contribution in [0.25, 0.3) is 11.6 Å². The molecule has 0 saturated carbocycles. The summed E-state index contributed by atoms with van der Waals surface area (Å²) in [7, 11) is 0. The molecule has 4 nitrogen and oxygen atoms in total. The van der Waals surface area contributed by atoms with E-state index in [-0.39, 0.29) is 17.5 Å². The van der Waals surface area contributed by atoms with Crippen molar-refractivity contribution in [3.8, 4) is 0 Å². The quantitative estimate of drug-likeness (QED) is 0.279. The highest BCUT2D eigenvalue weighted by Gasteiger charge is 2.28. The molecule has 4 rings (SSSR count). The molecule has 2 aliphatic rings. The third-order valence-electron chi connectivity index (χ3n) is 8.42. The van der Waals surface area contributed by atoms with Gasteiger partial charge < -0.3 is 0 Å². The van der Waals surface area contributed by atoms with E-state index in [2.05, 4.69) is 81.2 Å². The number of benzene rings is 1. The van der Waals surface area contributed by atoms with Gasteiger partial charge in [-0.1, -0.05) is 90.1 Å². The minimum absolute atomic E-state index is 0.0699. The lowest BCUT2D eigenvalue weighted by atomic mass is 9.80. The van der Waals surface area contributed by atoms with Crippen LogP contribution in [0.15, 0.2) is 53.6 Å². The summed E-state index contributed by atoms with van der Waals surface area (Å²) in [6.45, 7) is 22.3. The first kappa shape index (κ1) is 36.1. The molecule has 1 atom stereocenters. The molecule has 0 fully saturated rings. The van der Waals surface area contributed by atoms with Gasteiger partial charge in [0.2, 0.25) is 0 Å². The van der Waals surface area contributed by atoms with E-state index in [4.69, 9.17) is 4.98 Å². The van der Waals surface area contributed by atoms with Crippen LogP contribution in [0, 0.1) is 5.92 Å². The molecule has 1 aromatic carbocycles. The number of pyridine rings is 1. The monoisotopic (exact) mass is 584 g/mol. The standard InChI is InChI=1S/C35H44N2O2.2C2H6/c1-7-28-30(19-20-37(23(2)3)22-27-13-9-8-10-14-27)31-15-11-12-16-33(31)36-35(28)24(4)21-32-25(5)34(39)18-17-29(32)26(6)38;2*1-2/h8-11,13-15,21,23,25H,7,12,16-20,22H2,1-6H3;2*1-2H3/b24-21+;;. The van der Waals surface area contributed by atoms with E-state index in [0.717, 1.165) is 61.2 Å². The zero-order chi connectivity index (χ0) is 32.1. The Kier molecular flexibility index (Phi) is 15.0. The summed E-state index contributed by atoms with van der Waals surface area (Å²) in [6.07, 6.45) is 11.4. The summed E-state index contributed by atoms with van der Waals surface area (Å²) in [5.74, 6) is 0.0296. The Hall–Kier alpha value is -3.11. The van der Waals surface area contributed by atoms with Gasteiger partial charge in [-0.15, -0.1) is 0 Å². The normalized spacial score (nSPS) is 16.4. The van der Waals surface area contributed by atoms with Crippen molar-refractivity contribution >= 4 is 23.2 Å². The second kappa shape index (κ2) is 17.9. The van der Waals surface area contributed by atoms with Gasteiger partial charge in [-0.25, -0.2) is 0 Å². The lowest BCUT2D eigenvalue weighted by Gasteiger charge is -2.29. The molecule has 4 heteroatoms. The molecule has 0 N–H and O–H groups in total. The highest BCUT2D eigenvalue weighted by Crippen LogP contribution is 2.34. The largest absolute Gasteiger partial charge is 0.299 e. The summed E-state index contributed by atoms with van der Waals surface area (Å²) in [4.78, 5) is 32.8. The van der Waals surface area contributed by atoms with Crippen molar-refractivity contribution in [2.45, 2.75) is 120 Å². The topological polar surface area (TPSA) is 50.3 Å². The fourth-order valence-electron chi connectivity index (χ4n) is 6.07. The average molecular weight is 585 g/mol. The average Bonchev–Trinajstić information content (AvgIpc) is 3.03. The minimum atomic E-state index is -0.254. The van der Waals surface area contributed by atoms with E-state index in [1.165, 1.54) is 27.9 Å². The Balaban J connectivity index is 0.00000155. The zero-order valence-corrected chi connectivity index (χ0v) is 28.6. The smallest absolute Gasteiger partial charge is 0.156 e. The van der Waals surface area contributed by atoms with Crippen molar-refractivity contribution in [3.05, 3.63) is 87.3 Å². The van der Waals surface area contributed by atoms with E-state index in [1.54, 1.807) is 6.92 Å². The number of allylic oxidation sites excluding steroid dienone is 5. The van der Waals surface area contributed by atoms with Gasteiger partial charge in [0.15, 0.2) is 5.78 Å². The van der Waals surface area contributed by atoms with Gasteiger partial charge in [-0.3, -0.25) is 19.5 Å². The van der Waals surface area contributed by atoms with Crippen LogP contribution in [0.3, 0.4) is 0 Å². The Morgan fingerprint density at radius 3 is 2.30 bits per heavy atom. The van der Waals surface area contributed by atoms with E-state index < -0.39 is 0 Å². The molecule has 2 aromatic rings. The van der Waals surface area contributed by atoms with Crippen LogP contribution >= 0.6 is 0 Å². The number of Topliss-reactive ketones (excluding diaryl/α,β-unsaturated/α-hetero) is 2. The first-order chi connectivity index (χ1) is 20.7. The van der Waals surface area contributed by atoms with Crippen LogP contribution in [-0.4, -0.2) is 34.0 Å². The van der Waals surface area contributed by atoms with Crippen LogP contribution in [0.1, 0.15) is 122 Å². The molecule has 0 amide bonds. The number of ketones is 2. The Labute approximate surface area is 262 Å². The summed E-state index contributed by atoms with van der Waals surface area (Å²) < 4.78 is 0. The number of hydrogen-bond acceptors (Lipinski definition) is 4. The van der Waals surface area contributed by atoms with E-state index in [9.17, 15) is 9.59 Å². The molecule has 234 valence electrons. The van der Waals surface area contributed by atoms with Crippen molar-refractivity contribution in [1.29, 1.82) is 0 Å². The van der Waals surface area contributed by atoms with E-state index in [1.807, 2.05) is 34.6 Å². The summed E-state index contributed by atoms with van der Waals surface area (Å²) in [6, 6.07) is 11.1. The number of aromatic nitrogens is 1. The molecule has 0 saturated heterocycles. The number of fused-ring (bicyclic) bond motifs is 1. The fourth-order valence-corrected chi connectivity index (χ4v) is 6.07. The van der Waals surface area contributed by atoms with Crippen LogP contribution < -0.4 is 0 Å². The molecule has 0 radical (unpaired) electrons. The zero-order valence-electron chi connectivity index (χ0n) is 28.6. The number of hydrogen-bond donors (Lipinski definition) is 0. The molecule has 1 aromatic heterocycles. The van der Waals surface area contributed by atoms with Gasteiger partial charge >= 0.3 is 0 Å². The molecular formula is C39H56N2O2. The molecule has 1 heterocycles. The Morgan fingerprint density at radius 1 is 1.02 bits per heavy atom. The van der Waals surface area contributed by atoms with Crippen LogP contribution in [0.5, 0.6) is 0 Å². The van der Waals surface area contributed by atoms with Gasteiger partial charge in [-0.2, -0.15) is 0 Å². The number of aryl methyl sites for hydroxylation is 1. The maximum Gasteiger partial charge on any atom is 0.156 e. The second-order valence-electron chi connectivity index (χ2n) is 11.4. The molecule has 0 spiro atoms. The van der Waals surface area contributed by atoms with Crippen LogP contribution in [-0.2, 0) is 35.4 Å². The van der Waals surface area contributed by atoms with Crippen LogP contribution in [0.2, 0.25) is 0 Å². The van der Waals surface area contributed by atoms with Crippen molar-refractivity contribution in [1.82, 2.24) is 9.88 Å².